The fraction of sp³-hybridized carbons (Fsp3) is 0.400. The lowest BCUT2D eigenvalue weighted by molar-refractivity contribution is -0.384. The highest BCUT2D eigenvalue weighted by Crippen LogP contribution is 2.31. The number of nitro groups is 1. The summed E-state index contributed by atoms with van der Waals surface area (Å²) in [6, 6.07) is 12.0. The Labute approximate surface area is 170 Å². The molecule has 156 valence electrons. The molecular formula is C20H25N3O5S. The van der Waals surface area contributed by atoms with E-state index in [1.165, 1.54) is 12.1 Å². The first-order chi connectivity index (χ1) is 13.8. The number of sulfone groups is 1. The number of anilines is 1. The molecule has 1 heterocycles. The number of rotatable bonds is 7. The molecule has 1 fully saturated rings. The van der Waals surface area contributed by atoms with Crippen molar-refractivity contribution in [2.45, 2.75) is 11.8 Å². The van der Waals surface area contributed by atoms with Crippen molar-refractivity contribution in [3.05, 3.63) is 58.1 Å². The minimum atomic E-state index is -3.50. The molecule has 2 aromatic rings. The van der Waals surface area contributed by atoms with Crippen LogP contribution in [0.15, 0.2) is 47.4 Å². The smallest absolute Gasteiger partial charge is 0.293 e. The first-order valence-electron chi connectivity index (χ1n) is 9.40. The predicted octanol–water partition coefficient (Wildman–Crippen LogP) is 2.51. The Kier molecular flexibility index (Phi) is 6.39. The number of benzene rings is 2. The van der Waals surface area contributed by atoms with Crippen LogP contribution in [-0.2, 0) is 9.84 Å². The molecule has 0 N–H and O–H groups in total. The first-order valence-corrected chi connectivity index (χ1v) is 11.3. The Morgan fingerprint density at radius 3 is 2.41 bits per heavy atom. The van der Waals surface area contributed by atoms with Gasteiger partial charge in [0, 0.05) is 45.0 Å². The average Bonchev–Trinajstić information content (AvgIpc) is 2.69. The zero-order chi connectivity index (χ0) is 21.0. The van der Waals surface area contributed by atoms with E-state index in [4.69, 9.17) is 4.74 Å². The van der Waals surface area contributed by atoms with Crippen LogP contribution in [0.4, 0.5) is 11.4 Å². The van der Waals surface area contributed by atoms with Gasteiger partial charge in [-0.3, -0.25) is 15.0 Å². The van der Waals surface area contributed by atoms with Gasteiger partial charge in [0.1, 0.15) is 18.0 Å². The Bertz CT molecular complexity index is 985. The van der Waals surface area contributed by atoms with E-state index in [0.717, 1.165) is 43.3 Å². The van der Waals surface area contributed by atoms with Gasteiger partial charge in [0.05, 0.1) is 9.82 Å². The second-order valence-electron chi connectivity index (χ2n) is 7.12. The quantitative estimate of drug-likeness (QED) is 0.503. The van der Waals surface area contributed by atoms with Crippen LogP contribution in [0.25, 0.3) is 0 Å². The molecule has 8 nitrogen and oxygen atoms in total. The number of para-hydroxylation sites is 1. The van der Waals surface area contributed by atoms with Gasteiger partial charge >= 0.3 is 0 Å². The number of hydrogen-bond donors (Lipinski definition) is 0. The van der Waals surface area contributed by atoms with E-state index in [0.29, 0.717) is 25.4 Å². The highest BCUT2D eigenvalue weighted by atomic mass is 32.2. The Balaban J connectivity index is 1.59. The maximum atomic E-state index is 11.7. The van der Waals surface area contributed by atoms with Crippen molar-refractivity contribution in [1.82, 2.24) is 4.90 Å². The Morgan fingerprint density at radius 1 is 1.10 bits per heavy atom. The van der Waals surface area contributed by atoms with Crippen LogP contribution < -0.4 is 9.64 Å². The van der Waals surface area contributed by atoms with E-state index in [9.17, 15) is 18.5 Å². The van der Waals surface area contributed by atoms with Crippen LogP contribution >= 0.6 is 0 Å². The number of piperazine rings is 1. The fourth-order valence-corrected chi connectivity index (χ4v) is 4.00. The van der Waals surface area contributed by atoms with Crippen molar-refractivity contribution >= 4 is 21.2 Å². The van der Waals surface area contributed by atoms with E-state index in [-0.39, 0.29) is 10.6 Å². The second kappa shape index (κ2) is 8.79. The molecule has 2 aromatic carbocycles. The zero-order valence-electron chi connectivity index (χ0n) is 16.6. The molecular weight excluding hydrogens is 394 g/mol. The highest BCUT2D eigenvalue weighted by Gasteiger charge is 2.25. The number of ether oxygens (including phenoxy) is 1. The van der Waals surface area contributed by atoms with Gasteiger partial charge in [0.2, 0.25) is 0 Å². The molecule has 0 aliphatic carbocycles. The van der Waals surface area contributed by atoms with Crippen molar-refractivity contribution in [2.75, 3.05) is 50.5 Å². The Morgan fingerprint density at radius 2 is 1.79 bits per heavy atom. The zero-order valence-corrected chi connectivity index (χ0v) is 17.4. The van der Waals surface area contributed by atoms with Crippen molar-refractivity contribution in [3.8, 4) is 5.75 Å². The summed E-state index contributed by atoms with van der Waals surface area (Å²) in [7, 11) is -3.50. The van der Waals surface area contributed by atoms with Gasteiger partial charge in [-0.15, -0.1) is 0 Å². The monoisotopic (exact) mass is 419 g/mol. The summed E-state index contributed by atoms with van der Waals surface area (Å²) >= 11 is 0. The summed E-state index contributed by atoms with van der Waals surface area (Å²) in [6.07, 6.45) is 1.05. The van der Waals surface area contributed by atoms with Crippen LogP contribution in [0.2, 0.25) is 0 Å². The molecule has 0 atom stereocenters. The first kappa shape index (κ1) is 21.1. The van der Waals surface area contributed by atoms with E-state index in [1.807, 2.05) is 36.1 Å². The third kappa shape index (κ3) is 5.24. The highest BCUT2D eigenvalue weighted by molar-refractivity contribution is 7.90. The summed E-state index contributed by atoms with van der Waals surface area (Å²) in [5, 5.41) is 11.5. The number of nitrogens with zero attached hydrogens (tertiary/aromatic N) is 3. The van der Waals surface area contributed by atoms with Crippen LogP contribution in [0, 0.1) is 17.0 Å². The van der Waals surface area contributed by atoms with Gasteiger partial charge in [0.25, 0.3) is 5.69 Å². The maximum absolute atomic E-state index is 11.7. The maximum Gasteiger partial charge on any atom is 0.293 e. The Hall–Kier alpha value is -2.65. The molecule has 0 saturated carbocycles. The van der Waals surface area contributed by atoms with Crippen LogP contribution in [0.5, 0.6) is 5.75 Å². The molecule has 0 amide bonds. The third-order valence-electron chi connectivity index (χ3n) is 5.04. The molecule has 3 rings (SSSR count). The normalized spacial score (nSPS) is 15.3. The second-order valence-corrected chi connectivity index (χ2v) is 9.14. The molecule has 9 heteroatoms. The SMILES string of the molecule is Cc1ccccc1OCCN1CCN(c2ccc(S(C)(=O)=O)cc2[N+](=O)[O-])CC1. The van der Waals surface area contributed by atoms with Gasteiger partial charge in [-0.2, -0.15) is 0 Å². The lowest BCUT2D eigenvalue weighted by Crippen LogP contribution is -2.47. The summed E-state index contributed by atoms with van der Waals surface area (Å²) in [6.45, 7) is 6.12. The molecule has 1 saturated heterocycles. The molecule has 29 heavy (non-hydrogen) atoms. The van der Waals surface area contributed by atoms with Gasteiger partial charge in [-0.1, -0.05) is 18.2 Å². The summed E-state index contributed by atoms with van der Waals surface area (Å²) in [5.74, 6) is 0.882. The molecule has 0 aromatic heterocycles. The minimum absolute atomic E-state index is 0.0417. The van der Waals surface area contributed by atoms with Gasteiger partial charge in [0.15, 0.2) is 9.84 Å². The van der Waals surface area contributed by atoms with E-state index >= 15 is 0 Å². The van der Waals surface area contributed by atoms with Gasteiger partial charge in [-0.05, 0) is 30.7 Å². The number of nitro benzene ring substituents is 1. The van der Waals surface area contributed by atoms with E-state index in [1.54, 1.807) is 0 Å². The number of hydrogen-bond acceptors (Lipinski definition) is 7. The third-order valence-corrected chi connectivity index (χ3v) is 6.15. The predicted molar refractivity (Wildman–Crippen MR) is 112 cm³/mol. The molecule has 0 unspecified atom stereocenters. The molecule has 1 aliphatic rings. The topological polar surface area (TPSA) is 93.0 Å². The lowest BCUT2D eigenvalue weighted by Gasteiger charge is -2.35. The minimum Gasteiger partial charge on any atom is -0.492 e. The molecule has 0 bridgehead atoms. The molecule has 1 aliphatic heterocycles. The fourth-order valence-electron chi connectivity index (χ4n) is 3.36. The van der Waals surface area contributed by atoms with Crippen LogP contribution in [0.1, 0.15) is 5.56 Å². The average molecular weight is 420 g/mol. The van der Waals surface area contributed by atoms with Crippen molar-refractivity contribution in [1.29, 1.82) is 0 Å². The van der Waals surface area contributed by atoms with Crippen LogP contribution in [0.3, 0.4) is 0 Å². The van der Waals surface area contributed by atoms with Crippen molar-refractivity contribution < 1.29 is 18.1 Å². The van der Waals surface area contributed by atoms with Gasteiger partial charge < -0.3 is 9.64 Å². The number of aryl methyl sites for hydroxylation is 1. The van der Waals surface area contributed by atoms with Crippen molar-refractivity contribution in [2.24, 2.45) is 0 Å². The van der Waals surface area contributed by atoms with E-state index in [2.05, 4.69) is 4.90 Å². The lowest BCUT2D eigenvalue weighted by atomic mass is 10.2. The van der Waals surface area contributed by atoms with Crippen molar-refractivity contribution in [3.63, 3.8) is 0 Å². The largest absolute Gasteiger partial charge is 0.492 e. The summed E-state index contributed by atoms with van der Waals surface area (Å²) < 4.78 is 29.3. The summed E-state index contributed by atoms with van der Waals surface area (Å²) in [5.41, 5.74) is 1.38. The summed E-state index contributed by atoms with van der Waals surface area (Å²) in [4.78, 5) is 15.1. The molecule has 0 radical (unpaired) electrons. The van der Waals surface area contributed by atoms with E-state index < -0.39 is 14.8 Å². The van der Waals surface area contributed by atoms with Crippen LogP contribution in [-0.4, -0.2) is 63.8 Å². The van der Waals surface area contributed by atoms with Gasteiger partial charge in [-0.25, -0.2) is 8.42 Å². The molecule has 0 spiro atoms. The standard InChI is InChI=1S/C20H25N3O5S/c1-16-5-3-4-6-20(16)28-14-13-21-9-11-22(12-10-21)18-8-7-17(29(2,26)27)15-19(18)23(24)25/h3-8,15H,9-14H2,1-2H3.